The maximum atomic E-state index is 10.8. The van der Waals surface area contributed by atoms with Crippen molar-refractivity contribution in [3.8, 4) is 0 Å². The lowest BCUT2D eigenvalue weighted by atomic mass is 9.43. The second-order valence-corrected chi connectivity index (χ2v) is 11.4. The average Bonchev–Trinajstić information content (AvgIpc) is 2.99. The third-order valence-corrected chi connectivity index (χ3v) is 10.9. The summed E-state index contributed by atoms with van der Waals surface area (Å²) in [5.41, 5.74) is 1.09. The van der Waals surface area contributed by atoms with Crippen LogP contribution in [0.15, 0.2) is 0 Å². The van der Waals surface area contributed by atoms with Crippen LogP contribution in [-0.2, 0) is 4.79 Å². The van der Waals surface area contributed by atoms with Gasteiger partial charge in [0.1, 0.15) is 6.29 Å². The van der Waals surface area contributed by atoms with E-state index >= 15 is 0 Å². The molecule has 0 aliphatic heterocycles. The largest absolute Gasteiger partial charge is 0.303 e. The molecule has 0 amide bonds. The van der Waals surface area contributed by atoms with Gasteiger partial charge in [0.25, 0.3) is 0 Å². The van der Waals surface area contributed by atoms with E-state index in [1.165, 1.54) is 77.0 Å². The van der Waals surface area contributed by atoms with Crippen LogP contribution in [0.1, 0.15) is 104 Å². The van der Waals surface area contributed by atoms with Gasteiger partial charge in [-0.15, -0.1) is 0 Å². The highest BCUT2D eigenvalue weighted by atomic mass is 32.1. The SMILES string of the molecule is CCC12CCCCC1CCC1(S)C3CCC(CCCC=O)C3(C)CCC12. The number of unbranched alkanes of at least 4 members (excludes halogenated alkanes) is 1. The van der Waals surface area contributed by atoms with Crippen LogP contribution in [0.3, 0.4) is 0 Å². The highest BCUT2D eigenvalue weighted by Crippen LogP contribution is 2.71. The number of aldehydes is 1. The minimum atomic E-state index is 0.288. The molecule has 0 aromatic rings. The molecule has 7 unspecified atom stereocenters. The molecule has 0 spiro atoms. The highest BCUT2D eigenvalue weighted by Gasteiger charge is 2.65. The second kappa shape index (κ2) is 7.12. The number of carbonyl (C=O) groups is 1. The Balaban J connectivity index is 1.60. The van der Waals surface area contributed by atoms with Gasteiger partial charge in [0.2, 0.25) is 0 Å². The van der Waals surface area contributed by atoms with Crippen molar-refractivity contribution in [1.29, 1.82) is 0 Å². The van der Waals surface area contributed by atoms with Gasteiger partial charge in [-0.25, -0.2) is 0 Å². The Morgan fingerprint density at radius 2 is 1.85 bits per heavy atom. The van der Waals surface area contributed by atoms with Gasteiger partial charge in [0, 0.05) is 11.2 Å². The lowest BCUT2D eigenvalue weighted by Crippen LogP contribution is -2.61. The van der Waals surface area contributed by atoms with Crippen LogP contribution in [0.2, 0.25) is 0 Å². The Bertz CT molecular complexity index is 532. The quantitative estimate of drug-likeness (QED) is 0.315. The third-order valence-electron chi connectivity index (χ3n) is 10.1. The van der Waals surface area contributed by atoms with Gasteiger partial charge in [-0.1, -0.05) is 26.7 Å². The first kappa shape index (κ1) is 19.3. The topological polar surface area (TPSA) is 17.1 Å². The van der Waals surface area contributed by atoms with Gasteiger partial charge in [0.15, 0.2) is 0 Å². The Morgan fingerprint density at radius 3 is 2.62 bits per heavy atom. The van der Waals surface area contributed by atoms with Crippen LogP contribution in [0.4, 0.5) is 0 Å². The maximum Gasteiger partial charge on any atom is 0.119 e. The summed E-state index contributed by atoms with van der Waals surface area (Å²) in [5.74, 6) is 3.48. The van der Waals surface area contributed by atoms with E-state index in [-0.39, 0.29) is 4.75 Å². The summed E-state index contributed by atoms with van der Waals surface area (Å²) < 4.78 is 0.288. The van der Waals surface area contributed by atoms with E-state index in [4.69, 9.17) is 12.6 Å². The Morgan fingerprint density at radius 1 is 1.00 bits per heavy atom. The fraction of sp³-hybridized carbons (Fsp3) is 0.958. The fourth-order valence-corrected chi connectivity index (χ4v) is 9.80. The number of hydrogen-bond donors (Lipinski definition) is 1. The van der Waals surface area contributed by atoms with E-state index in [1.54, 1.807) is 0 Å². The van der Waals surface area contributed by atoms with Crippen LogP contribution in [0.5, 0.6) is 0 Å². The van der Waals surface area contributed by atoms with E-state index < -0.39 is 0 Å². The normalized spacial score (nSPS) is 50.6. The summed E-state index contributed by atoms with van der Waals surface area (Å²) in [6.45, 7) is 5.10. The molecule has 7 atom stereocenters. The Labute approximate surface area is 166 Å². The highest BCUT2D eigenvalue weighted by molar-refractivity contribution is 7.81. The summed E-state index contributed by atoms with van der Waals surface area (Å²) in [4.78, 5) is 10.8. The van der Waals surface area contributed by atoms with Crippen molar-refractivity contribution in [3.63, 3.8) is 0 Å². The van der Waals surface area contributed by atoms with Crippen molar-refractivity contribution in [2.24, 2.45) is 34.5 Å². The summed E-state index contributed by atoms with van der Waals surface area (Å²) in [6, 6.07) is 0. The van der Waals surface area contributed by atoms with Gasteiger partial charge in [-0.3, -0.25) is 0 Å². The molecule has 0 radical (unpaired) electrons. The van der Waals surface area contributed by atoms with Crippen LogP contribution in [-0.4, -0.2) is 11.0 Å². The monoisotopic (exact) mass is 376 g/mol. The predicted molar refractivity (Wildman–Crippen MR) is 113 cm³/mol. The van der Waals surface area contributed by atoms with Crippen molar-refractivity contribution in [1.82, 2.24) is 0 Å². The van der Waals surface area contributed by atoms with E-state index in [2.05, 4.69) is 13.8 Å². The van der Waals surface area contributed by atoms with Gasteiger partial charge in [-0.2, -0.15) is 12.6 Å². The van der Waals surface area contributed by atoms with Crippen molar-refractivity contribution in [2.45, 2.75) is 108 Å². The summed E-state index contributed by atoms with van der Waals surface area (Å²) in [7, 11) is 0. The molecule has 0 saturated heterocycles. The van der Waals surface area contributed by atoms with Gasteiger partial charge >= 0.3 is 0 Å². The van der Waals surface area contributed by atoms with Gasteiger partial charge in [0.05, 0.1) is 0 Å². The molecule has 4 aliphatic carbocycles. The molecule has 0 aromatic heterocycles. The first-order chi connectivity index (χ1) is 12.5. The third kappa shape index (κ3) is 2.67. The number of thiol groups is 1. The minimum Gasteiger partial charge on any atom is -0.303 e. The lowest BCUT2D eigenvalue weighted by Gasteiger charge is -2.66. The van der Waals surface area contributed by atoms with Gasteiger partial charge < -0.3 is 4.79 Å². The van der Waals surface area contributed by atoms with E-state index in [0.717, 1.165) is 42.8 Å². The van der Waals surface area contributed by atoms with Crippen LogP contribution < -0.4 is 0 Å². The van der Waals surface area contributed by atoms with E-state index in [9.17, 15) is 4.79 Å². The molecule has 148 valence electrons. The standard InChI is InChI=1S/C24H40OS/c1-3-23-14-6-4-9-19(23)12-16-24(26)20-11-10-18(8-5-7-17-25)22(20,2)15-13-21(23)24/h17-21,26H,3-16H2,1-2H3. The molecular weight excluding hydrogens is 336 g/mol. The number of hydrogen-bond acceptors (Lipinski definition) is 2. The Hall–Kier alpha value is 0.0200. The van der Waals surface area contributed by atoms with E-state index in [1.807, 2.05) is 0 Å². The fourth-order valence-electron chi connectivity index (χ4n) is 8.86. The summed E-state index contributed by atoms with van der Waals surface area (Å²) >= 11 is 5.62. The molecule has 1 nitrogen and oxygen atoms in total. The lowest BCUT2D eigenvalue weighted by molar-refractivity contribution is -0.108. The number of rotatable bonds is 5. The van der Waals surface area contributed by atoms with Crippen LogP contribution in [0.25, 0.3) is 0 Å². The molecular formula is C24H40OS. The molecule has 0 heterocycles. The first-order valence-electron chi connectivity index (χ1n) is 11.7. The summed E-state index contributed by atoms with van der Waals surface area (Å²) in [5, 5.41) is 0. The molecule has 0 bridgehead atoms. The van der Waals surface area contributed by atoms with Crippen LogP contribution in [0, 0.1) is 34.5 Å². The zero-order valence-electron chi connectivity index (χ0n) is 17.1. The summed E-state index contributed by atoms with van der Waals surface area (Å²) in [6.07, 6.45) is 20.0. The van der Waals surface area contributed by atoms with E-state index in [0.29, 0.717) is 10.8 Å². The molecule has 4 saturated carbocycles. The van der Waals surface area contributed by atoms with Crippen molar-refractivity contribution < 1.29 is 4.79 Å². The molecule has 4 fully saturated rings. The molecule has 4 rings (SSSR count). The minimum absolute atomic E-state index is 0.288. The second-order valence-electron chi connectivity index (χ2n) is 10.6. The molecule has 2 heteroatoms. The average molecular weight is 377 g/mol. The molecule has 26 heavy (non-hydrogen) atoms. The van der Waals surface area contributed by atoms with Crippen molar-refractivity contribution >= 4 is 18.9 Å². The molecule has 0 N–H and O–H groups in total. The van der Waals surface area contributed by atoms with Crippen LogP contribution >= 0.6 is 12.6 Å². The first-order valence-corrected chi connectivity index (χ1v) is 12.1. The zero-order chi connectivity index (χ0) is 18.4. The predicted octanol–water partition coefficient (Wildman–Crippen LogP) is 6.85. The van der Waals surface area contributed by atoms with Gasteiger partial charge in [-0.05, 0) is 105 Å². The van der Waals surface area contributed by atoms with Crippen molar-refractivity contribution in [2.75, 3.05) is 0 Å². The maximum absolute atomic E-state index is 10.8. The number of fused-ring (bicyclic) bond motifs is 5. The van der Waals surface area contributed by atoms with Crippen molar-refractivity contribution in [3.05, 3.63) is 0 Å². The smallest absolute Gasteiger partial charge is 0.119 e. The molecule has 0 aromatic carbocycles. The molecule has 4 aliphatic rings. The Kier molecular flexibility index (Phi) is 5.30. The zero-order valence-corrected chi connectivity index (χ0v) is 18.0. The number of carbonyl (C=O) groups excluding carboxylic acids is 1.